The lowest BCUT2D eigenvalue weighted by Gasteiger charge is -2.09. The first-order valence-electron chi connectivity index (χ1n) is 5.67. The van der Waals surface area contributed by atoms with Crippen molar-refractivity contribution in [2.24, 2.45) is 0 Å². The van der Waals surface area contributed by atoms with Gasteiger partial charge < -0.3 is 4.74 Å². The summed E-state index contributed by atoms with van der Waals surface area (Å²) in [6.45, 7) is 1.84. The van der Waals surface area contributed by atoms with Crippen LogP contribution in [0.5, 0.6) is 11.5 Å². The van der Waals surface area contributed by atoms with Crippen molar-refractivity contribution in [3.05, 3.63) is 58.9 Å². The molecule has 19 heavy (non-hydrogen) atoms. The third-order valence-electron chi connectivity index (χ3n) is 2.63. The molecule has 0 N–H and O–H groups in total. The molecule has 4 heteroatoms. The van der Waals surface area contributed by atoms with Gasteiger partial charge in [0.1, 0.15) is 11.8 Å². The molecule has 0 saturated carbocycles. The quantitative estimate of drug-likeness (QED) is 0.771. The Kier molecular flexibility index (Phi) is 4.03. The molecular formula is C15H11ClFNO. The predicted octanol–water partition coefficient (Wildman–Crippen LogP) is 4.54. The van der Waals surface area contributed by atoms with E-state index in [1.165, 1.54) is 6.07 Å². The van der Waals surface area contributed by atoms with Crippen molar-refractivity contribution >= 4 is 11.6 Å². The van der Waals surface area contributed by atoms with E-state index in [2.05, 4.69) is 0 Å². The number of rotatable bonds is 3. The Morgan fingerprint density at radius 2 is 2.00 bits per heavy atom. The molecule has 0 unspecified atom stereocenters. The van der Waals surface area contributed by atoms with Crippen molar-refractivity contribution in [2.75, 3.05) is 0 Å². The van der Waals surface area contributed by atoms with Gasteiger partial charge in [-0.25, -0.2) is 4.39 Å². The van der Waals surface area contributed by atoms with E-state index in [-0.39, 0.29) is 5.75 Å². The van der Waals surface area contributed by atoms with Crippen molar-refractivity contribution < 1.29 is 9.13 Å². The van der Waals surface area contributed by atoms with Crippen LogP contribution in [0, 0.1) is 24.1 Å². The number of halogens is 2. The summed E-state index contributed by atoms with van der Waals surface area (Å²) in [4.78, 5) is 0. The molecule has 2 nitrogen and oxygen atoms in total. The van der Waals surface area contributed by atoms with E-state index in [9.17, 15) is 4.39 Å². The van der Waals surface area contributed by atoms with Gasteiger partial charge in [0, 0.05) is 5.88 Å². The summed E-state index contributed by atoms with van der Waals surface area (Å²) in [6.07, 6.45) is 0. The zero-order chi connectivity index (χ0) is 13.8. The Morgan fingerprint density at radius 1 is 1.21 bits per heavy atom. The largest absolute Gasteiger partial charge is 0.453 e. The maximum absolute atomic E-state index is 13.6. The Hall–Kier alpha value is -2.05. The standard InChI is InChI=1S/C15H11ClFNO/c1-10-2-4-13(17)15(6-10)19-14-5-3-11(8-16)7-12(14)9-18/h2-7H,8H2,1H3. The Morgan fingerprint density at radius 3 is 2.68 bits per heavy atom. The van der Waals surface area contributed by atoms with Gasteiger partial charge in [0.2, 0.25) is 0 Å². The Balaban J connectivity index is 2.38. The zero-order valence-corrected chi connectivity index (χ0v) is 11.0. The van der Waals surface area contributed by atoms with Gasteiger partial charge in [-0.1, -0.05) is 12.1 Å². The van der Waals surface area contributed by atoms with Crippen molar-refractivity contribution in [1.82, 2.24) is 0 Å². The molecule has 0 fully saturated rings. The SMILES string of the molecule is Cc1ccc(F)c(Oc2ccc(CCl)cc2C#N)c1. The van der Waals surface area contributed by atoms with Crippen LogP contribution in [0.15, 0.2) is 36.4 Å². The van der Waals surface area contributed by atoms with E-state index < -0.39 is 5.82 Å². The molecule has 0 aliphatic heterocycles. The summed E-state index contributed by atoms with van der Waals surface area (Å²) in [5.74, 6) is 0.278. The summed E-state index contributed by atoms with van der Waals surface area (Å²) in [6, 6.07) is 11.6. The Bertz CT molecular complexity index is 649. The van der Waals surface area contributed by atoms with Gasteiger partial charge in [0.25, 0.3) is 0 Å². The molecule has 0 spiro atoms. The van der Waals surface area contributed by atoms with Gasteiger partial charge in [-0.2, -0.15) is 5.26 Å². The highest BCUT2D eigenvalue weighted by Crippen LogP contribution is 2.28. The molecule has 0 aliphatic rings. The first-order chi connectivity index (χ1) is 9.13. The fraction of sp³-hybridized carbons (Fsp3) is 0.133. The molecule has 2 aromatic rings. The van der Waals surface area contributed by atoms with Crippen LogP contribution in [0.25, 0.3) is 0 Å². The summed E-state index contributed by atoms with van der Waals surface area (Å²) in [7, 11) is 0. The number of alkyl halides is 1. The smallest absolute Gasteiger partial charge is 0.165 e. The monoisotopic (exact) mass is 275 g/mol. The topological polar surface area (TPSA) is 33.0 Å². The summed E-state index contributed by atoms with van der Waals surface area (Å²) >= 11 is 5.70. The average Bonchev–Trinajstić information content (AvgIpc) is 2.43. The van der Waals surface area contributed by atoms with Crippen molar-refractivity contribution in [1.29, 1.82) is 5.26 Å². The molecule has 0 saturated heterocycles. The van der Waals surface area contributed by atoms with Crippen molar-refractivity contribution in [3.63, 3.8) is 0 Å². The first kappa shape index (κ1) is 13.4. The van der Waals surface area contributed by atoms with E-state index in [1.807, 2.05) is 13.0 Å². The summed E-state index contributed by atoms with van der Waals surface area (Å²) in [5.41, 5.74) is 2.03. The van der Waals surface area contributed by atoms with E-state index in [4.69, 9.17) is 21.6 Å². The lowest BCUT2D eigenvalue weighted by Crippen LogP contribution is -1.93. The number of hydrogen-bond acceptors (Lipinski definition) is 2. The van der Waals surface area contributed by atoms with Gasteiger partial charge in [-0.15, -0.1) is 11.6 Å². The van der Waals surface area contributed by atoms with Crippen LogP contribution in [-0.4, -0.2) is 0 Å². The van der Waals surface area contributed by atoms with E-state index >= 15 is 0 Å². The molecule has 0 atom stereocenters. The van der Waals surface area contributed by atoms with Crippen LogP contribution < -0.4 is 4.74 Å². The molecule has 0 aromatic heterocycles. The van der Waals surface area contributed by atoms with Gasteiger partial charge >= 0.3 is 0 Å². The second-order valence-corrected chi connectivity index (χ2v) is 4.38. The maximum Gasteiger partial charge on any atom is 0.165 e. The number of ether oxygens (including phenoxy) is 1. The number of hydrogen-bond donors (Lipinski definition) is 0. The predicted molar refractivity (Wildman–Crippen MR) is 71.9 cm³/mol. The first-order valence-corrected chi connectivity index (χ1v) is 6.20. The molecule has 0 bridgehead atoms. The fourth-order valence-corrected chi connectivity index (χ4v) is 1.81. The van der Waals surface area contributed by atoms with Gasteiger partial charge in [0.05, 0.1) is 5.56 Å². The van der Waals surface area contributed by atoms with Crippen molar-refractivity contribution in [2.45, 2.75) is 12.8 Å². The third kappa shape index (κ3) is 3.04. The van der Waals surface area contributed by atoms with Crippen LogP contribution in [0.2, 0.25) is 0 Å². The highest BCUT2D eigenvalue weighted by molar-refractivity contribution is 6.17. The molecular weight excluding hydrogens is 265 g/mol. The average molecular weight is 276 g/mol. The lowest BCUT2D eigenvalue weighted by molar-refractivity contribution is 0.440. The number of aryl methyl sites for hydroxylation is 1. The number of benzene rings is 2. The normalized spacial score (nSPS) is 10.0. The maximum atomic E-state index is 13.6. The van der Waals surface area contributed by atoms with Crippen LogP contribution in [0.3, 0.4) is 0 Å². The minimum Gasteiger partial charge on any atom is -0.453 e. The highest BCUT2D eigenvalue weighted by Gasteiger charge is 2.09. The second kappa shape index (κ2) is 5.73. The summed E-state index contributed by atoms with van der Waals surface area (Å²) < 4.78 is 19.1. The number of nitrogens with zero attached hydrogens (tertiary/aromatic N) is 1. The lowest BCUT2D eigenvalue weighted by atomic mass is 10.1. The molecule has 0 heterocycles. The van der Waals surface area contributed by atoms with Crippen LogP contribution in [0.4, 0.5) is 4.39 Å². The fourth-order valence-electron chi connectivity index (χ4n) is 1.64. The van der Waals surface area contributed by atoms with Gasteiger partial charge in [-0.3, -0.25) is 0 Å². The van der Waals surface area contributed by atoms with Crippen molar-refractivity contribution in [3.8, 4) is 17.6 Å². The minimum atomic E-state index is -0.462. The molecule has 0 amide bonds. The van der Waals surface area contributed by atoms with E-state index in [1.54, 1.807) is 30.3 Å². The van der Waals surface area contributed by atoms with Crippen LogP contribution in [-0.2, 0) is 5.88 Å². The molecule has 2 aromatic carbocycles. The second-order valence-electron chi connectivity index (χ2n) is 4.11. The zero-order valence-electron chi connectivity index (χ0n) is 10.3. The van der Waals surface area contributed by atoms with E-state index in [0.29, 0.717) is 17.2 Å². The van der Waals surface area contributed by atoms with Crippen LogP contribution in [0.1, 0.15) is 16.7 Å². The Labute approximate surface area is 116 Å². The molecule has 0 aliphatic carbocycles. The van der Waals surface area contributed by atoms with Crippen LogP contribution >= 0.6 is 11.6 Å². The third-order valence-corrected chi connectivity index (χ3v) is 2.93. The molecule has 2 rings (SSSR count). The molecule has 0 radical (unpaired) electrons. The summed E-state index contributed by atoms with van der Waals surface area (Å²) in [5, 5.41) is 9.07. The van der Waals surface area contributed by atoms with Gasteiger partial charge in [0.15, 0.2) is 11.6 Å². The van der Waals surface area contributed by atoms with Gasteiger partial charge in [-0.05, 0) is 42.3 Å². The van der Waals surface area contributed by atoms with E-state index in [0.717, 1.165) is 11.1 Å². The minimum absolute atomic E-state index is 0.107. The highest BCUT2D eigenvalue weighted by atomic mass is 35.5. The molecule has 96 valence electrons. The number of nitriles is 1.